The molecular weight excluding hydrogens is 347 g/mol. The van der Waals surface area contributed by atoms with E-state index in [4.69, 9.17) is 0 Å². The molecule has 23 heavy (non-hydrogen) atoms. The van der Waals surface area contributed by atoms with Gasteiger partial charge in [-0.25, -0.2) is 0 Å². The molecule has 0 bridgehead atoms. The Morgan fingerprint density at radius 2 is 0.957 bits per heavy atom. The summed E-state index contributed by atoms with van der Waals surface area (Å²) in [5, 5.41) is 0. The van der Waals surface area contributed by atoms with Gasteiger partial charge in [0.1, 0.15) is 0 Å². The van der Waals surface area contributed by atoms with Crippen molar-refractivity contribution in [3.8, 4) is 0 Å². The molecule has 0 aromatic heterocycles. The molecule has 0 aliphatic carbocycles. The van der Waals surface area contributed by atoms with Crippen LogP contribution in [0.3, 0.4) is 0 Å². The van der Waals surface area contributed by atoms with Crippen LogP contribution >= 0.6 is 0 Å². The summed E-state index contributed by atoms with van der Waals surface area (Å²) in [7, 11) is 6.36. The molecule has 0 heterocycles. The van der Waals surface area contributed by atoms with Crippen LogP contribution in [0.15, 0.2) is 0 Å². The molecule has 0 aliphatic rings. The van der Waals surface area contributed by atoms with E-state index in [1.165, 1.54) is 101 Å². The zero-order chi connectivity index (χ0) is 17.3. The Kier molecular flexibility index (Phi) is 16.8. The van der Waals surface area contributed by atoms with Gasteiger partial charge in [-0.15, -0.1) is 0 Å². The minimum atomic E-state index is 1.17. The Hall–Kier alpha value is -0.0105. The maximum atomic E-state index is 3.14. The molecule has 0 spiro atoms. The Labute approximate surface area is 154 Å². The first-order valence-corrected chi connectivity index (χ1v) is 10.9. The maximum absolute atomic E-state index is 3.14. The molecule has 0 saturated heterocycles. The van der Waals surface area contributed by atoms with Crippen molar-refractivity contribution in [2.75, 3.05) is 27.7 Å². The molecular formula is C20H42N2Se. The van der Waals surface area contributed by atoms with Crippen molar-refractivity contribution >= 4 is 20.2 Å². The molecule has 0 fully saturated rings. The summed E-state index contributed by atoms with van der Waals surface area (Å²) in [5.41, 5.74) is 0. The first kappa shape index (κ1) is 23.0. The molecule has 0 amide bonds. The fourth-order valence-corrected chi connectivity index (χ4v) is 3.17. The van der Waals surface area contributed by atoms with E-state index < -0.39 is 0 Å². The zero-order valence-corrected chi connectivity index (χ0v) is 18.1. The van der Waals surface area contributed by atoms with Crippen LogP contribution in [0.25, 0.3) is 0 Å². The van der Waals surface area contributed by atoms with Gasteiger partial charge in [-0.05, 0) is 0 Å². The predicted molar refractivity (Wildman–Crippen MR) is 107 cm³/mol. The van der Waals surface area contributed by atoms with Crippen molar-refractivity contribution in [1.29, 1.82) is 0 Å². The summed E-state index contributed by atoms with van der Waals surface area (Å²) in [6, 6.07) is 0. The third kappa shape index (κ3) is 15.3. The van der Waals surface area contributed by atoms with Gasteiger partial charge in [0.2, 0.25) is 0 Å². The summed E-state index contributed by atoms with van der Waals surface area (Å²) in [6.45, 7) is 3.46. The minimum absolute atomic E-state index is 1.17. The number of hydrogen-bond acceptors (Lipinski definition) is 2. The SMILES string of the molecule is CCCCCCCCCCCCCCCCN(C)C(=[Se])N(C)C. The van der Waals surface area contributed by atoms with Crippen LogP contribution in [0, 0.1) is 0 Å². The summed E-state index contributed by atoms with van der Waals surface area (Å²) >= 11 is 3.14. The van der Waals surface area contributed by atoms with Gasteiger partial charge in [0.25, 0.3) is 0 Å². The van der Waals surface area contributed by atoms with Gasteiger partial charge in [0, 0.05) is 0 Å². The van der Waals surface area contributed by atoms with Crippen LogP contribution in [0.4, 0.5) is 0 Å². The molecule has 0 saturated carbocycles. The number of rotatable bonds is 17. The van der Waals surface area contributed by atoms with Crippen LogP contribution in [0.1, 0.15) is 96.8 Å². The first-order chi connectivity index (χ1) is 11.1. The number of nitrogens with zero attached hydrogens (tertiary/aromatic N) is 2. The summed E-state index contributed by atoms with van der Waals surface area (Å²) in [4.78, 5) is 4.46. The van der Waals surface area contributed by atoms with Gasteiger partial charge >= 0.3 is 116 Å². The fraction of sp³-hybridized carbons (Fsp3) is 0.950. The number of hydrogen-bond donors (Lipinski definition) is 0. The van der Waals surface area contributed by atoms with Gasteiger partial charge < -0.3 is 0 Å². The molecule has 0 N–H and O–H groups in total. The van der Waals surface area contributed by atoms with Gasteiger partial charge in [-0.1, -0.05) is 39.0 Å². The zero-order valence-electron chi connectivity index (χ0n) is 16.4. The van der Waals surface area contributed by atoms with E-state index in [0.29, 0.717) is 0 Å². The second kappa shape index (κ2) is 16.8. The van der Waals surface area contributed by atoms with Crippen LogP contribution < -0.4 is 0 Å². The van der Waals surface area contributed by atoms with E-state index >= 15 is 0 Å². The molecule has 0 aromatic rings. The van der Waals surface area contributed by atoms with Crippen molar-refractivity contribution in [2.24, 2.45) is 0 Å². The van der Waals surface area contributed by atoms with Crippen molar-refractivity contribution in [2.45, 2.75) is 96.8 Å². The average molecular weight is 390 g/mol. The van der Waals surface area contributed by atoms with E-state index in [2.05, 4.69) is 53.4 Å². The second-order valence-corrected chi connectivity index (χ2v) is 7.96. The van der Waals surface area contributed by atoms with Crippen LogP contribution in [-0.4, -0.2) is 57.7 Å². The van der Waals surface area contributed by atoms with Crippen LogP contribution in [0.5, 0.6) is 0 Å². The van der Waals surface area contributed by atoms with E-state index in [1.807, 2.05) is 0 Å². The van der Waals surface area contributed by atoms with E-state index in [-0.39, 0.29) is 0 Å². The van der Waals surface area contributed by atoms with Gasteiger partial charge in [-0.3, -0.25) is 0 Å². The molecule has 2 nitrogen and oxygen atoms in total. The summed E-state index contributed by atoms with van der Waals surface area (Å²) in [5.74, 6) is 0. The summed E-state index contributed by atoms with van der Waals surface area (Å²) in [6.07, 6.45) is 20.0. The third-order valence-electron chi connectivity index (χ3n) is 4.56. The van der Waals surface area contributed by atoms with Gasteiger partial charge in [0.05, 0.1) is 0 Å². The van der Waals surface area contributed by atoms with Gasteiger partial charge in [-0.2, -0.15) is 0 Å². The molecule has 0 atom stereocenters. The Bertz CT molecular complexity index is 266. The van der Waals surface area contributed by atoms with Crippen molar-refractivity contribution in [1.82, 2.24) is 9.80 Å². The summed E-state index contributed by atoms with van der Waals surface area (Å²) < 4.78 is 1.24. The third-order valence-corrected chi connectivity index (χ3v) is 5.98. The molecule has 0 aromatic carbocycles. The topological polar surface area (TPSA) is 6.48 Å². The van der Waals surface area contributed by atoms with Crippen LogP contribution in [0.2, 0.25) is 0 Å². The van der Waals surface area contributed by atoms with E-state index in [1.54, 1.807) is 0 Å². The molecule has 0 radical (unpaired) electrons. The van der Waals surface area contributed by atoms with E-state index in [9.17, 15) is 0 Å². The standard InChI is InChI=1S/C20H42N2Se/c1-5-6-7-8-9-10-11-12-13-14-15-16-17-18-19-22(4)20(23)21(2)3/h5-19H2,1-4H3. The van der Waals surface area contributed by atoms with Crippen LogP contribution in [-0.2, 0) is 0 Å². The average Bonchev–Trinajstić information content (AvgIpc) is 2.54. The monoisotopic (exact) mass is 390 g/mol. The molecule has 0 unspecified atom stereocenters. The molecule has 0 rings (SSSR count). The molecule has 138 valence electrons. The molecule has 3 heteroatoms. The quantitative estimate of drug-likeness (QED) is 0.249. The van der Waals surface area contributed by atoms with Crippen molar-refractivity contribution in [3.05, 3.63) is 0 Å². The Morgan fingerprint density at radius 1 is 0.609 bits per heavy atom. The fourth-order valence-electron chi connectivity index (χ4n) is 2.98. The number of unbranched alkanes of at least 4 members (excludes halogenated alkanes) is 13. The second-order valence-electron chi connectivity index (χ2n) is 7.19. The van der Waals surface area contributed by atoms with Gasteiger partial charge in [0.15, 0.2) is 0 Å². The van der Waals surface area contributed by atoms with Crippen molar-refractivity contribution in [3.63, 3.8) is 0 Å². The predicted octanol–water partition coefficient (Wildman–Crippen LogP) is 5.22. The Morgan fingerprint density at radius 3 is 1.30 bits per heavy atom. The van der Waals surface area contributed by atoms with E-state index in [0.717, 1.165) is 0 Å². The first-order valence-electron chi connectivity index (χ1n) is 10.0. The molecule has 0 aliphatic heterocycles. The normalized spacial score (nSPS) is 10.8. The Balaban J connectivity index is 3.18. The van der Waals surface area contributed by atoms with Crippen molar-refractivity contribution < 1.29 is 0 Å².